The summed E-state index contributed by atoms with van der Waals surface area (Å²) < 4.78 is 1.63. The topological polar surface area (TPSA) is 94.4 Å². The summed E-state index contributed by atoms with van der Waals surface area (Å²) >= 11 is 0. The minimum absolute atomic E-state index is 0.220. The number of hydrogen-bond acceptors (Lipinski definition) is 5. The van der Waals surface area contributed by atoms with Crippen LogP contribution >= 0.6 is 0 Å². The van der Waals surface area contributed by atoms with Crippen molar-refractivity contribution in [3.8, 4) is 29.0 Å². The molecule has 2 aromatic heterocycles. The molecule has 0 fully saturated rings. The van der Waals surface area contributed by atoms with Crippen molar-refractivity contribution in [3.63, 3.8) is 0 Å². The standard InChI is InChI=1S/C13H8N4O2/c14-7-8-4-5-17-11(6-8)15-16-13(17)9-2-1-3-10(18)12(9)19/h1-6,18-19H. The number of nitrogens with zero attached hydrogens (tertiary/aromatic N) is 4. The lowest BCUT2D eigenvalue weighted by Gasteiger charge is -2.04. The van der Waals surface area contributed by atoms with Gasteiger partial charge in [0.15, 0.2) is 23.0 Å². The first kappa shape index (κ1) is 11.0. The van der Waals surface area contributed by atoms with Crippen LogP contribution < -0.4 is 0 Å². The zero-order chi connectivity index (χ0) is 13.4. The maximum atomic E-state index is 9.85. The van der Waals surface area contributed by atoms with Gasteiger partial charge in [0.05, 0.1) is 17.2 Å². The highest BCUT2D eigenvalue weighted by Crippen LogP contribution is 2.35. The Morgan fingerprint density at radius 1 is 1.16 bits per heavy atom. The summed E-state index contributed by atoms with van der Waals surface area (Å²) in [6.07, 6.45) is 1.65. The highest BCUT2D eigenvalue weighted by atomic mass is 16.3. The Morgan fingerprint density at radius 3 is 2.79 bits per heavy atom. The summed E-state index contributed by atoms with van der Waals surface area (Å²) in [5, 5.41) is 36.1. The lowest BCUT2D eigenvalue weighted by molar-refractivity contribution is 0.405. The van der Waals surface area contributed by atoms with Crippen molar-refractivity contribution in [2.24, 2.45) is 0 Å². The maximum Gasteiger partial charge on any atom is 0.172 e. The quantitative estimate of drug-likeness (QED) is 0.642. The zero-order valence-electron chi connectivity index (χ0n) is 9.65. The second-order valence-electron chi connectivity index (χ2n) is 3.95. The first-order valence-electron chi connectivity index (χ1n) is 5.47. The SMILES string of the molecule is N#Cc1ccn2c(-c3cccc(O)c3O)nnc2c1. The van der Waals surface area contributed by atoms with Crippen LogP contribution in [0.3, 0.4) is 0 Å². The molecule has 0 aliphatic carbocycles. The molecule has 6 heteroatoms. The normalized spacial score (nSPS) is 10.5. The number of para-hydroxylation sites is 1. The summed E-state index contributed by atoms with van der Waals surface area (Å²) in [6.45, 7) is 0. The van der Waals surface area contributed by atoms with Crippen LogP contribution in [0.1, 0.15) is 5.56 Å². The van der Waals surface area contributed by atoms with Crippen LogP contribution in [-0.4, -0.2) is 24.8 Å². The predicted molar refractivity (Wildman–Crippen MR) is 66.5 cm³/mol. The molecule has 0 aliphatic rings. The van der Waals surface area contributed by atoms with Gasteiger partial charge >= 0.3 is 0 Å². The van der Waals surface area contributed by atoms with Crippen molar-refractivity contribution in [2.45, 2.75) is 0 Å². The van der Waals surface area contributed by atoms with E-state index in [0.717, 1.165) is 0 Å². The van der Waals surface area contributed by atoms with E-state index in [1.165, 1.54) is 6.07 Å². The van der Waals surface area contributed by atoms with Crippen molar-refractivity contribution in [3.05, 3.63) is 42.1 Å². The number of aromatic hydroxyl groups is 2. The van der Waals surface area contributed by atoms with Gasteiger partial charge in [-0.25, -0.2) is 0 Å². The van der Waals surface area contributed by atoms with Gasteiger partial charge in [-0.1, -0.05) is 6.07 Å². The maximum absolute atomic E-state index is 9.85. The van der Waals surface area contributed by atoms with Gasteiger partial charge in [0.1, 0.15) is 0 Å². The average Bonchev–Trinajstić information content (AvgIpc) is 2.84. The second-order valence-corrected chi connectivity index (χ2v) is 3.95. The van der Waals surface area contributed by atoms with Crippen LogP contribution in [0, 0.1) is 11.3 Å². The number of phenols is 2. The van der Waals surface area contributed by atoms with E-state index in [1.807, 2.05) is 6.07 Å². The van der Waals surface area contributed by atoms with Crippen molar-refractivity contribution in [2.75, 3.05) is 0 Å². The van der Waals surface area contributed by atoms with Crippen molar-refractivity contribution < 1.29 is 10.2 Å². The van der Waals surface area contributed by atoms with E-state index in [2.05, 4.69) is 10.2 Å². The van der Waals surface area contributed by atoms with Crippen LogP contribution in [0.4, 0.5) is 0 Å². The van der Waals surface area contributed by atoms with Crippen LogP contribution in [0.2, 0.25) is 0 Å². The van der Waals surface area contributed by atoms with E-state index in [-0.39, 0.29) is 11.5 Å². The second kappa shape index (κ2) is 3.99. The third kappa shape index (κ3) is 1.65. The van der Waals surface area contributed by atoms with Gasteiger partial charge in [0.2, 0.25) is 0 Å². The molecule has 0 saturated heterocycles. The van der Waals surface area contributed by atoms with E-state index in [9.17, 15) is 10.2 Å². The lowest BCUT2D eigenvalue weighted by Crippen LogP contribution is -1.90. The van der Waals surface area contributed by atoms with E-state index in [4.69, 9.17) is 5.26 Å². The van der Waals surface area contributed by atoms with Gasteiger partial charge in [0.25, 0.3) is 0 Å². The molecule has 0 unspecified atom stereocenters. The highest BCUT2D eigenvalue weighted by Gasteiger charge is 2.14. The summed E-state index contributed by atoms with van der Waals surface area (Å²) in [7, 11) is 0. The van der Waals surface area contributed by atoms with Gasteiger partial charge < -0.3 is 10.2 Å². The molecular weight excluding hydrogens is 244 g/mol. The Morgan fingerprint density at radius 2 is 2.00 bits per heavy atom. The van der Waals surface area contributed by atoms with Crippen LogP contribution in [-0.2, 0) is 0 Å². The van der Waals surface area contributed by atoms with Crippen LogP contribution in [0.25, 0.3) is 17.0 Å². The molecule has 0 atom stereocenters. The zero-order valence-corrected chi connectivity index (χ0v) is 9.65. The van der Waals surface area contributed by atoms with Crippen molar-refractivity contribution >= 4 is 5.65 Å². The number of phenolic OH excluding ortho intramolecular Hbond substituents is 2. The van der Waals surface area contributed by atoms with Gasteiger partial charge in [0, 0.05) is 12.3 Å². The van der Waals surface area contributed by atoms with E-state index < -0.39 is 0 Å². The Balaban J connectivity index is 2.27. The Hall–Kier alpha value is -3.07. The Kier molecular flexibility index (Phi) is 2.32. The number of pyridine rings is 1. The van der Waals surface area contributed by atoms with Crippen LogP contribution in [0.5, 0.6) is 11.5 Å². The molecule has 3 aromatic rings. The number of nitriles is 1. The van der Waals surface area contributed by atoms with Crippen LogP contribution in [0.15, 0.2) is 36.5 Å². The van der Waals surface area contributed by atoms with E-state index in [1.54, 1.807) is 34.9 Å². The smallest absolute Gasteiger partial charge is 0.172 e. The van der Waals surface area contributed by atoms with Gasteiger partial charge in [-0.05, 0) is 18.2 Å². The van der Waals surface area contributed by atoms with E-state index >= 15 is 0 Å². The minimum Gasteiger partial charge on any atom is -0.504 e. The molecule has 2 heterocycles. The highest BCUT2D eigenvalue weighted by molar-refractivity contribution is 5.70. The number of hydrogen-bond donors (Lipinski definition) is 2. The molecule has 0 aliphatic heterocycles. The minimum atomic E-state index is -0.249. The summed E-state index contributed by atoms with van der Waals surface area (Å²) in [5.74, 6) is -0.0723. The Bertz CT molecular complexity index is 817. The molecule has 2 N–H and O–H groups in total. The summed E-state index contributed by atoms with van der Waals surface area (Å²) in [6, 6.07) is 9.86. The third-order valence-corrected chi connectivity index (χ3v) is 2.79. The molecule has 19 heavy (non-hydrogen) atoms. The first-order chi connectivity index (χ1) is 9.20. The summed E-state index contributed by atoms with van der Waals surface area (Å²) in [5.41, 5.74) is 1.35. The number of rotatable bonds is 1. The molecule has 1 aromatic carbocycles. The predicted octanol–water partition coefficient (Wildman–Crippen LogP) is 1.68. The molecular formula is C13H8N4O2. The molecule has 0 amide bonds. The fraction of sp³-hybridized carbons (Fsp3) is 0. The molecule has 0 bridgehead atoms. The Labute approximate surface area is 107 Å². The lowest BCUT2D eigenvalue weighted by atomic mass is 10.1. The molecule has 0 radical (unpaired) electrons. The van der Waals surface area contributed by atoms with Crippen molar-refractivity contribution in [1.82, 2.24) is 14.6 Å². The van der Waals surface area contributed by atoms with Gasteiger partial charge in [-0.15, -0.1) is 10.2 Å². The fourth-order valence-corrected chi connectivity index (χ4v) is 1.86. The summed E-state index contributed by atoms with van der Waals surface area (Å²) in [4.78, 5) is 0. The molecule has 6 nitrogen and oxygen atoms in total. The number of benzene rings is 1. The first-order valence-corrected chi connectivity index (χ1v) is 5.47. The number of fused-ring (bicyclic) bond motifs is 1. The molecule has 0 spiro atoms. The largest absolute Gasteiger partial charge is 0.504 e. The van der Waals surface area contributed by atoms with E-state index in [0.29, 0.717) is 22.6 Å². The fourth-order valence-electron chi connectivity index (χ4n) is 1.86. The van der Waals surface area contributed by atoms with Crippen molar-refractivity contribution in [1.29, 1.82) is 5.26 Å². The molecule has 3 rings (SSSR count). The van der Waals surface area contributed by atoms with Gasteiger partial charge in [-0.3, -0.25) is 4.40 Å². The monoisotopic (exact) mass is 252 g/mol. The number of aromatic nitrogens is 3. The molecule has 92 valence electrons. The van der Waals surface area contributed by atoms with Gasteiger partial charge in [-0.2, -0.15) is 5.26 Å². The third-order valence-electron chi connectivity index (χ3n) is 2.79. The molecule has 0 saturated carbocycles. The average molecular weight is 252 g/mol.